The van der Waals surface area contributed by atoms with Crippen LogP contribution in [0.25, 0.3) is 0 Å². The van der Waals surface area contributed by atoms with Crippen molar-refractivity contribution in [3.8, 4) is 11.5 Å². The number of carbonyl (C=O) groups is 1. The molecule has 1 saturated carbocycles. The molecule has 126 valence electrons. The number of hydrogen-bond acceptors (Lipinski definition) is 4. The molecule has 2 aliphatic rings. The van der Waals surface area contributed by atoms with E-state index in [0.717, 1.165) is 35.7 Å². The van der Waals surface area contributed by atoms with Crippen molar-refractivity contribution in [3.05, 3.63) is 47.9 Å². The van der Waals surface area contributed by atoms with Gasteiger partial charge in [0.15, 0.2) is 11.5 Å². The molecule has 6 nitrogen and oxygen atoms in total. The number of nitrogens with zero attached hydrogens (tertiary/aromatic N) is 1. The Morgan fingerprint density at radius 1 is 1.29 bits per heavy atom. The minimum atomic E-state index is -0.121. The van der Waals surface area contributed by atoms with Crippen LogP contribution in [0.1, 0.15) is 37.1 Å². The number of furan rings is 1. The predicted octanol–water partition coefficient (Wildman–Crippen LogP) is 3.44. The Morgan fingerprint density at radius 3 is 2.88 bits per heavy atom. The van der Waals surface area contributed by atoms with E-state index in [0.29, 0.717) is 12.6 Å². The van der Waals surface area contributed by atoms with Gasteiger partial charge in [-0.2, -0.15) is 0 Å². The molecule has 0 saturated heterocycles. The molecule has 2 aromatic rings. The van der Waals surface area contributed by atoms with E-state index >= 15 is 0 Å². The van der Waals surface area contributed by atoms with Gasteiger partial charge in [0.25, 0.3) is 0 Å². The van der Waals surface area contributed by atoms with Crippen molar-refractivity contribution in [1.82, 2.24) is 10.2 Å². The molecular weight excluding hydrogens is 308 g/mol. The second-order valence-electron chi connectivity index (χ2n) is 6.22. The average molecular weight is 328 g/mol. The number of carbonyl (C=O) groups excluding carboxylic acids is 1. The van der Waals surface area contributed by atoms with Crippen LogP contribution in [-0.2, 0) is 6.54 Å². The third-order valence-corrected chi connectivity index (χ3v) is 4.39. The Hall–Kier alpha value is -2.63. The number of fused-ring (bicyclic) bond motifs is 1. The van der Waals surface area contributed by atoms with Gasteiger partial charge in [-0.15, -0.1) is 0 Å². The van der Waals surface area contributed by atoms with Crippen LogP contribution in [0.5, 0.6) is 11.5 Å². The molecule has 24 heavy (non-hydrogen) atoms. The van der Waals surface area contributed by atoms with Gasteiger partial charge in [-0.3, -0.25) is 0 Å². The minimum absolute atomic E-state index is 0.0703. The maximum absolute atomic E-state index is 12.7. The summed E-state index contributed by atoms with van der Waals surface area (Å²) >= 11 is 0. The first-order chi connectivity index (χ1) is 11.7. The van der Waals surface area contributed by atoms with Gasteiger partial charge in [0.1, 0.15) is 5.76 Å². The highest BCUT2D eigenvalue weighted by Crippen LogP contribution is 2.34. The van der Waals surface area contributed by atoms with Gasteiger partial charge in [-0.1, -0.05) is 6.07 Å². The van der Waals surface area contributed by atoms with Crippen LogP contribution >= 0.6 is 0 Å². The molecule has 1 aliphatic carbocycles. The molecule has 1 aromatic heterocycles. The molecule has 1 fully saturated rings. The maximum Gasteiger partial charge on any atom is 0.318 e. The van der Waals surface area contributed by atoms with Crippen LogP contribution in [0, 0.1) is 0 Å². The van der Waals surface area contributed by atoms with Crippen LogP contribution in [0.3, 0.4) is 0 Å². The normalized spacial score (nSPS) is 16.7. The number of rotatable bonds is 5. The molecule has 1 aromatic carbocycles. The molecule has 1 aliphatic heterocycles. The van der Waals surface area contributed by atoms with Gasteiger partial charge in [0.05, 0.1) is 18.8 Å². The Kier molecular flexibility index (Phi) is 3.80. The number of nitrogens with one attached hydrogen (secondary N) is 1. The zero-order chi connectivity index (χ0) is 16.5. The van der Waals surface area contributed by atoms with E-state index in [9.17, 15) is 4.79 Å². The summed E-state index contributed by atoms with van der Waals surface area (Å²) < 4.78 is 16.1. The fourth-order valence-electron chi connectivity index (χ4n) is 2.86. The van der Waals surface area contributed by atoms with Crippen molar-refractivity contribution in [2.45, 2.75) is 38.4 Å². The van der Waals surface area contributed by atoms with E-state index in [1.807, 2.05) is 42.2 Å². The third-order valence-electron chi connectivity index (χ3n) is 4.39. The van der Waals surface area contributed by atoms with Gasteiger partial charge in [-0.05, 0) is 49.6 Å². The summed E-state index contributed by atoms with van der Waals surface area (Å²) in [7, 11) is 0. The highest BCUT2D eigenvalue weighted by Gasteiger charge is 2.33. The Labute approximate surface area is 140 Å². The summed E-state index contributed by atoms with van der Waals surface area (Å²) in [5, 5.41) is 3.07. The quantitative estimate of drug-likeness (QED) is 0.913. The summed E-state index contributed by atoms with van der Waals surface area (Å²) in [6.07, 6.45) is 3.73. The molecule has 1 atom stereocenters. The second-order valence-corrected chi connectivity index (χ2v) is 6.22. The summed E-state index contributed by atoms with van der Waals surface area (Å²) in [4.78, 5) is 14.5. The highest BCUT2D eigenvalue weighted by atomic mass is 16.7. The maximum atomic E-state index is 12.7. The summed E-state index contributed by atoms with van der Waals surface area (Å²) in [5.74, 6) is 2.27. The van der Waals surface area contributed by atoms with Crippen LogP contribution in [0.2, 0.25) is 0 Å². The number of benzene rings is 1. The second kappa shape index (κ2) is 6.11. The molecule has 2 heterocycles. The average Bonchev–Trinajstić information content (AvgIpc) is 3.10. The summed E-state index contributed by atoms with van der Waals surface area (Å²) in [6, 6.07) is 9.59. The number of amides is 2. The molecule has 0 spiro atoms. The molecule has 0 radical (unpaired) electrons. The summed E-state index contributed by atoms with van der Waals surface area (Å²) in [5.41, 5.74) is 0.987. The van der Waals surface area contributed by atoms with Crippen molar-refractivity contribution in [2.75, 3.05) is 6.79 Å². The third kappa shape index (κ3) is 3.04. The Morgan fingerprint density at radius 2 is 2.12 bits per heavy atom. The highest BCUT2D eigenvalue weighted by molar-refractivity contribution is 5.75. The van der Waals surface area contributed by atoms with Crippen molar-refractivity contribution in [3.63, 3.8) is 0 Å². The Bertz CT molecular complexity index is 725. The molecule has 4 rings (SSSR count). The topological polar surface area (TPSA) is 63.9 Å². The van der Waals surface area contributed by atoms with E-state index in [-0.39, 0.29) is 18.9 Å². The standard InChI is InChI=1S/C18H20N2O4/c1-12(13-4-7-16-17(9-13)24-11-23-16)19-18(21)20(14-5-6-14)10-15-3-2-8-22-15/h2-4,7-9,12,14H,5-6,10-11H2,1H3,(H,19,21)/t12-/m0/s1. The molecule has 6 heteroatoms. The lowest BCUT2D eigenvalue weighted by atomic mass is 10.1. The van der Waals surface area contributed by atoms with Gasteiger partial charge in [-0.25, -0.2) is 4.79 Å². The van der Waals surface area contributed by atoms with Crippen LogP contribution in [0.15, 0.2) is 41.0 Å². The van der Waals surface area contributed by atoms with E-state index in [2.05, 4.69) is 5.32 Å². The van der Waals surface area contributed by atoms with Gasteiger partial charge in [0.2, 0.25) is 6.79 Å². The SMILES string of the molecule is C[C@H](NC(=O)N(Cc1ccco1)C1CC1)c1ccc2c(c1)OCO2. The first kappa shape index (κ1) is 14.9. The number of hydrogen-bond donors (Lipinski definition) is 1. The van der Waals surface area contributed by atoms with E-state index in [1.54, 1.807) is 6.26 Å². The van der Waals surface area contributed by atoms with Crippen molar-refractivity contribution in [1.29, 1.82) is 0 Å². The smallest absolute Gasteiger partial charge is 0.318 e. The van der Waals surface area contributed by atoms with Crippen LogP contribution in [-0.4, -0.2) is 23.8 Å². The lowest BCUT2D eigenvalue weighted by Crippen LogP contribution is -2.41. The first-order valence-corrected chi connectivity index (χ1v) is 8.20. The van der Waals surface area contributed by atoms with Crippen molar-refractivity contribution >= 4 is 6.03 Å². The van der Waals surface area contributed by atoms with E-state index < -0.39 is 0 Å². The largest absolute Gasteiger partial charge is 0.467 e. The fraction of sp³-hybridized carbons (Fsp3) is 0.389. The molecule has 0 bridgehead atoms. The van der Waals surface area contributed by atoms with E-state index in [4.69, 9.17) is 13.9 Å². The first-order valence-electron chi connectivity index (χ1n) is 8.20. The molecule has 2 amide bonds. The number of urea groups is 1. The van der Waals surface area contributed by atoms with Crippen LogP contribution in [0.4, 0.5) is 4.79 Å². The zero-order valence-electron chi connectivity index (χ0n) is 13.5. The molecule has 1 N–H and O–H groups in total. The van der Waals surface area contributed by atoms with E-state index in [1.165, 1.54) is 0 Å². The monoisotopic (exact) mass is 328 g/mol. The Balaban J connectivity index is 1.43. The minimum Gasteiger partial charge on any atom is -0.467 e. The van der Waals surface area contributed by atoms with Gasteiger partial charge < -0.3 is 24.1 Å². The van der Waals surface area contributed by atoms with Crippen molar-refractivity contribution < 1.29 is 18.7 Å². The fourth-order valence-corrected chi connectivity index (χ4v) is 2.86. The molecular formula is C18H20N2O4. The predicted molar refractivity (Wildman–Crippen MR) is 86.8 cm³/mol. The lowest BCUT2D eigenvalue weighted by Gasteiger charge is -2.24. The zero-order valence-corrected chi connectivity index (χ0v) is 13.5. The van der Waals surface area contributed by atoms with Crippen molar-refractivity contribution in [2.24, 2.45) is 0 Å². The molecule has 0 unspecified atom stereocenters. The number of ether oxygens (including phenoxy) is 2. The van der Waals surface area contributed by atoms with Gasteiger partial charge in [0, 0.05) is 6.04 Å². The van der Waals surface area contributed by atoms with Crippen LogP contribution < -0.4 is 14.8 Å². The summed E-state index contributed by atoms with van der Waals surface area (Å²) in [6.45, 7) is 2.71. The lowest BCUT2D eigenvalue weighted by molar-refractivity contribution is 0.173. The van der Waals surface area contributed by atoms with Gasteiger partial charge >= 0.3 is 6.03 Å².